The van der Waals surface area contributed by atoms with E-state index in [1.807, 2.05) is 19.1 Å². The van der Waals surface area contributed by atoms with E-state index in [-0.39, 0.29) is 17.5 Å². The summed E-state index contributed by atoms with van der Waals surface area (Å²) in [6.45, 7) is 1.90. The van der Waals surface area contributed by atoms with Crippen molar-refractivity contribution >= 4 is 15.5 Å². The van der Waals surface area contributed by atoms with Crippen LogP contribution in [0.15, 0.2) is 18.2 Å². The van der Waals surface area contributed by atoms with Gasteiger partial charge in [-0.1, -0.05) is 0 Å². The van der Waals surface area contributed by atoms with Gasteiger partial charge in [-0.15, -0.1) is 0 Å². The second-order valence-corrected chi connectivity index (χ2v) is 7.02. The van der Waals surface area contributed by atoms with Gasteiger partial charge in [-0.25, -0.2) is 8.42 Å². The number of nitrogens with one attached hydrogen (secondary N) is 1. The van der Waals surface area contributed by atoms with Crippen molar-refractivity contribution in [3.05, 3.63) is 29.3 Å². The first-order chi connectivity index (χ1) is 8.50. The van der Waals surface area contributed by atoms with E-state index in [1.165, 1.54) is 0 Å². The van der Waals surface area contributed by atoms with Crippen molar-refractivity contribution in [2.45, 2.75) is 25.8 Å². The second kappa shape index (κ2) is 4.99. The molecule has 0 unspecified atom stereocenters. The second-order valence-electron chi connectivity index (χ2n) is 4.71. The van der Waals surface area contributed by atoms with Gasteiger partial charge < -0.3 is 5.32 Å². The Morgan fingerprint density at radius 2 is 2.00 bits per heavy atom. The van der Waals surface area contributed by atoms with Crippen LogP contribution in [-0.2, 0) is 9.84 Å². The molecule has 0 saturated carbocycles. The standard InChI is InChI=1S/C13H16N2O2S/c1-10-8-13(3-2-11(10)9-14)15-12-4-6-18(16,17)7-5-12/h2-3,8,12,15H,4-7H2,1H3. The molecule has 1 aliphatic heterocycles. The molecule has 0 radical (unpaired) electrons. The van der Waals surface area contributed by atoms with Gasteiger partial charge >= 0.3 is 0 Å². The lowest BCUT2D eigenvalue weighted by Gasteiger charge is -2.24. The molecule has 2 rings (SSSR count). The van der Waals surface area contributed by atoms with Gasteiger partial charge in [0, 0.05) is 11.7 Å². The van der Waals surface area contributed by atoms with Gasteiger partial charge in [0.05, 0.1) is 23.1 Å². The van der Waals surface area contributed by atoms with Gasteiger partial charge in [-0.05, 0) is 43.5 Å². The van der Waals surface area contributed by atoms with Crippen LogP contribution in [0.2, 0.25) is 0 Å². The van der Waals surface area contributed by atoms with E-state index in [1.54, 1.807) is 6.07 Å². The Bertz CT molecular complexity index is 573. The molecule has 1 fully saturated rings. The van der Waals surface area contributed by atoms with E-state index < -0.39 is 9.84 Å². The minimum absolute atomic E-state index is 0.209. The summed E-state index contributed by atoms with van der Waals surface area (Å²) in [5.74, 6) is 0.528. The molecule has 0 spiro atoms. The number of rotatable bonds is 2. The molecule has 0 amide bonds. The van der Waals surface area contributed by atoms with Crippen molar-refractivity contribution in [3.8, 4) is 6.07 Å². The minimum Gasteiger partial charge on any atom is -0.382 e. The molecule has 0 aromatic heterocycles. The summed E-state index contributed by atoms with van der Waals surface area (Å²) in [5.41, 5.74) is 2.56. The van der Waals surface area contributed by atoms with Crippen LogP contribution < -0.4 is 5.32 Å². The number of aryl methyl sites for hydroxylation is 1. The van der Waals surface area contributed by atoms with Crippen molar-refractivity contribution in [3.63, 3.8) is 0 Å². The summed E-state index contributed by atoms with van der Waals surface area (Å²) in [6.07, 6.45) is 1.31. The van der Waals surface area contributed by atoms with Gasteiger partial charge in [0.1, 0.15) is 9.84 Å². The molecule has 0 aliphatic carbocycles. The lowest BCUT2D eigenvalue weighted by molar-refractivity contribution is 0.559. The zero-order valence-electron chi connectivity index (χ0n) is 10.3. The average Bonchev–Trinajstić information content (AvgIpc) is 2.32. The molecule has 1 saturated heterocycles. The molecule has 96 valence electrons. The first kappa shape index (κ1) is 12.9. The Morgan fingerprint density at radius 1 is 1.33 bits per heavy atom. The van der Waals surface area contributed by atoms with Gasteiger partial charge in [0.2, 0.25) is 0 Å². The van der Waals surface area contributed by atoms with Crippen molar-refractivity contribution in [2.75, 3.05) is 16.8 Å². The van der Waals surface area contributed by atoms with Crippen molar-refractivity contribution in [1.29, 1.82) is 5.26 Å². The zero-order valence-corrected chi connectivity index (χ0v) is 11.1. The molecular weight excluding hydrogens is 248 g/mol. The first-order valence-electron chi connectivity index (χ1n) is 5.98. The molecule has 1 aliphatic rings. The Morgan fingerprint density at radius 3 is 2.56 bits per heavy atom. The van der Waals surface area contributed by atoms with Crippen LogP contribution >= 0.6 is 0 Å². The highest BCUT2D eigenvalue weighted by atomic mass is 32.2. The number of hydrogen-bond donors (Lipinski definition) is 1. The zero-order chi connectivity index (χ0) is 13.2. The highest BCUT2D eigenvalue weighted by Gasteiger charge is 2.23. The topological polar surface area (TPSA) is 70.0 Å². The lowest BCUT2D eigenvalue weighted by Crippen LogP contribution is -2.32. The van der Waals surface area contributed by atoms with Crippen molar-refractivity contribution in [1.82, 2.24) is 0 Å². The van der Waals surface area contributed by atoms with E-state index in [2.05, 4.69) is 11.4 Å². The van der Waals surface area contributed by atoms with Gasteiger partial charge in [-0.3, -0.25) is 0 Å². The Kier molecular flexibility index (Phi) is 3.58. The maximum Gasteiger partial charge on any atom is 0.150 e. The normalized spacial score (nSPS) is 19.1. The summed E-state index contributed by atoms with van der Waals surface area (Å²) in [6, 6.07) is 7.93. The van der Waals surface area contributed by atoms with E-state index in [4.69, 9.17) is 5.26 Å². The van der Waals surface area contributed by atoms with Crippen molar-refractivity contribution < 1.29 is 8.42 Å². The third-order valence-corrected chi connectivity index (χ3v) is 4.99. The Hall–Kier alpha value is -1.54. The molecule has 1 aromatic carbocycles. The molecule has 0 atom stereocenters. The number of sulfone groups is 1. The molecule has 1 heterocycles. The fraction of sp³-hybridized carbons (Fsp3) is 0.462. The largest absolute Gasteiger partial charge is 0.382 e. The minimum atomic E-state index is -2.81. The summed E-state index contributed by atoms with van der Waals surface area (Å²) < 4.78 is 22.6. The number of nitrogens with zero attached hydrogens (tertiary/aromatic N) is 1. The van der Waals surface area contributed by atoms with Crippen LogP contribution in [0.1, 0.15) is 24.0 Å². The maximum absolute atomic E-state index is 11.3. The quantitative estimate of drug-likeness (QED) is 0.885. The number of hydrogen-bond acceptors (Lipinski definition) is 4. The SMILES string of the molecule is Cc1cc(NC2CCS(=O)(=O)CC2)ccc1C#N. The molecule has 18 heavy (non-hydrogen) atoms. The van der Waals surface area contributed by atoms with Gasteiger partial charge in [-0.2, -0.15) is 5.26 Å². The van der Waals surface area contributed by atoms with E-state index >= 15 is 0 Å². The van der Waals surface area contributed by atoms with E-state index in [9.17, 15) is 8.42 Å². The van der Waals surface area contributed by atoms with Crippen LogP contribution in [-0.4, -0.2) is 26.0 Å². The van der Waals surface area contributed by atoms with Gasteiger partial charge in [0.25, 0.3) is 0 Å². The van der Waals surface area contributed by atoms with Gasteiger partial charge in [0.15, 0.2) is 0 Å². The predicted molar refractivity (Wildman–Crippen MR) is 71.2 cm³/mol. The van der Waals surface area contributed by atoms with E-state index in [0.29, 0.717) is 18.4 Å². The summed E-state index contributed by atoms with van der Waals surface area (Å²) in [4.78, 5) is 0. The number of anilines is 1. The summed E-state index contributed by atoms with van der Waals surface area (Å²) >= 11 is 0. The fourth-order valence-corrected chi connectivity index (χ4v) is 3.64. The lowest BCUT2D eigenvalue weighted by atomic mass is 10.1. The van der Waals surface area contributed by atoms with E-state index in [0.717, 1.165) is 11.3 Å². The molecule has 1 aromatic rings. The van der Waals surface area contributed by atoms with Crippen LogP contribution in [0.5, 0.6) is 0 Å². The highest BCUT2D eigenvalue weighted by molar-refractivity contribution is 7.91. The number of nitriles is 1. The third-order valence-electron chi connectivity index (χ3n) is 3.27. The molecule has 5 heteroatoms. The summed E-state index contributed by atoms with van der Waals surface area (Å²) in [7, 11) is -2.81. The Labute approximate surface area is 108 Å². The number of benzene rings is 1. The van der Waals surface area contributed by atoms with Crippen LogP contribution in [0, 0.1) is 18.3 Å². The average molecular weight is 264 g/mol. The maximum atomic E-state index is 11.3. The molecule has 0 bridgehead atoms. The first-order valence-corrected chi connectivity index (χ1v) is 7.80. The monoisotopic (exact) mass is 264 g/mol. The molecular formula is C13H16N2O2S. The highest BCUT2D eigenvalue weighted by Crippen LogP contribution is 2.20. The van der Waals surface area contributed by atoms with Crippen LogP contribution in [0.3, 0.4) is 0 Å². The fourth-order valence-electron chi connectivity index (χ4n) is 2.15. The van der Waals surface area contributed by atoms with Crippen LogP contribution in [0.25, 0.3) is 0 Å². The molecule has 4 nitrogen and oxygen atoms in total. The third kappa shape index (κ3) is 3.02. The van der Waals surface area contributed by atoms with Crippen LogP contribution in [0.4, 0.5) is 5.69 Å². The smallest absolute Gasteiger partial charge is 0.150 e. The molecule has 1 N–H and O–H groups in total. The summed E-state index contributed by atoms with van der Waals surface area (Å²) in [5, 5.41) is 12.2. The Balaban J connectivity index is 2.03. The van der Waals surface area contributed by atoms with Crippen molar-refractivity contribution in [2.24, 2.45) is 0 Å². The predicted octanol–water partition coefficient (Wildman–Crippen LogP) is 1.86.